The van der Waals surface area contributed by atoms with Crippen molar-refractivity contribution in [2.75, 3.05) is 0 Å². The molecule has 80 valence electrons. The Kier molecular flexibility index (Phi) is 83.2. The van der Waals surface area contributed by atoms with Gasteiger partial charge in [-0.3, -0.25) is 0 Å². The van der Waals surface area contributed by atoms with E-state index in [-0.39, 0.29) is 0 Å². The SMILES string of the molecule is CC.CC.CC.CCCC(C)C. The van der Waals surface area contributed by atoms with Crippen molar-refractivity contribution in [3.8, 4) is 0 Å². The summed E-state index contributed by atoms with van der Waals surface area (Å²) in [5.41, 5.74) is 0. The van der Waals surface area contributed by atoms with Crippen LogP contribution in [-0.2, 0) is 0 Å². The van der Waals surface area contributed by atoms with Gasteiger partial charge in [0.15, 0.2) is 0 Å². The fraction of sp³-hybridized carbons (Fsp3) is 1.00. The lowest BCUT2D eigenvalue weighted by molar-refractivity contribution is 0.576. The van der Waals surface area contributed by atoms with Crippen molar-refractivity contribution < 1.29 is 0 Å². The van der Waals surface area contributed by atoms with Crippen molar-refractivity contribution >= 4 is 0 Å². The van der Waals surface area contributed by atoms with E-state index < -0.39 is 0 Å². The molecule has 0 atom stereocenters. The third-order valence-electron chi connectivity index (χ3n) is 0.866. The van der Waals surface area contributed by atoms with Gasteiger partial charge in [-0.05, 0) is 5.92 Å². The van der Waals surface area contributed by atoms with E-state index in [4.69, 9.17) is 0 Å². The molecular weight excluding hydrogens is 144 g/mol. The Labute approximate surface area is 81.8 Å². The summed E-state index contributed by atoms with van der Waals surface area (Å²) in [4.78, 5) is 0. The first-order valence-electron chi connectivity index (χ1n) is 5.77. The van der Waals surface area contributed by atoms with Crippen LogP contribution >= 0.6 is 0 Å². The van der Waals surface area contributed by atoms with Gasteiger partial charge in [0, 0.05) is 0 Å². The summed E-state index contributed by atoms with van der Waals surface area (Å²) < 4.78 is 0. The molecule has 0 fully saturated rings. The van der Waals surface area contributed by atoms with E-state index in [2.05, 4.69) is 20.8 Å². The van der Waals surface area contributed by atoms with E-state index >= 15 is 0 Å². The predicted molar refractivity (Wildman–Crippen MR) is 63.8 cm³/mol. The first-order chi connectivity index (χ1) is 5.77. The lowest BCUT2D eigenvalue weighted by Gasteiger charge is -1.95. The van der Waals surface area contributed by atoms with Gasteiger partial charge in [0.05, 0.1) is 0 Å². The Morgan fingerprint density at radius 3 is 1.00 bits per heavy atom. The maximum atomic E-state index is 2.25. The average molecular weight is 176 g/mol. The zero-order valence-electron chi connectivity index (χ0n) is 11.0. The Balaban J connectivity index is -0.0000000453. The summed E-state index contributed by atoms with van der Waals surface area (Å²) in [6.07, 6.45) is 2.71. The quantitative estimate of drug-likeness (QED) is 0.519. The molecule has 0 aromatic carbocycles. The highest BCUT2D eigenvalue weighted by Crippen LogP contribution is 2.00. The smallest absolute Gasteiger partial charge is 0.0471 e. The highest BCUT2D eigenvalue weighted by Gasteiger charge is 1.85. The van der Waals surface area contributed by atoms with Crippen LogP contribution in [0.3, 0.4) is 0 Å². The highest BCUT2D eigenvalue weighted by molar-refractivity contribution is 4.38. The zero-order valence-corrected chi connectivity index (χ0v) is 11.0. The maximum Gasteiger partial charge on any atom is -0.0471 e. The van der Waals surface area contributed by atoms with Crippen LogP contribution in [-0.4, -0.2) is 0 Å². The Bertz CT molecular complexity index is 21.2. The van der Waals surface area contributed by atoms with Crippen LogP contribution < -0.4 is 0 Å². The molecule has 0 aliphatic carbocycles. The monoisotopic (exact) mass is 176 g/mol. The van der Waals surface area contributed by atoms with Crippen molar-refractivity contribution in [2.45, 2.75) is 75.2 Å². The van der Waals surface area contributed by atoms with Gasteiger partial charge in [0.1, 0.15) is 0 Å². The van der Waals surface area contributed by atoms with Crippen LogP contribution in [0.25, 0.3) is 0 Å². The first kappa shape index (κ1) is 22.7. The molecule has 0 aliphatic rings. The van der Waals surface area contributed by atoms with Crippen molar-refractivity contribution in [1.82, 2.24) is 0 Å². The molecule has 0 aromatic heterocycles. The molecule has 0 N–H and O–H groups in total. The summed E-state index contributed by atoms with van der Waals surface area (Å²) in [7, 11) is 0. The van der Waals surface area contributed by atoms with Crippen molar-refractivity contribution in [3.05, 3.63) is 0 Å². The van der Waals surface area contributed by atoms with Crippen molar-refractivity contribution in [1.29, 1.82) is 0 Å². The van der Waals surface area contributed by atoms with E-state index in [9.17, 15) is 0 Å². The number of rotatable bonds is 2. The minimum absolute atomic E-state index is 0.898. The van der Waals surface area contributed by atoms with Gasteiger partial charge in [-0.1, -0.05) is 75.2 Å². The molecule has 0 bridgehead atoms. The second-order valence-electron chi connectivity index (χ2n) is 2.18. The maximum absolute atomic E-state index is 2.25. The second-order valence-corrected chi connectivity index (χ2v) is 2.18. The predicted octanol–water partition coefficient (Wildman–Crippen LogP) is 5.52. The molecule has 0 rings (SSSR count). The lowest BCUT2D eigenvalue weighted by atomic mass is 10.1. The summed E-state index contributed by atoms with van der Waals surface area (Å²) in [6.45, 7) is 18.7. The first-order valence-corrected chi connectivity index (χ1v) is 5.77. The molecule has 0 aliphatic heterocycles. The van der Waals surface area contributed by atoms with Crippen molar-refractivity contribution in [3.63, 3.8) is 0 Å². The lowest BCUT2D eigenvalue weighted by Crippen LogP contribution is -1.81. The minimum Gasteiger partial charge on any atom is -0.0683 e. The molecule has 0 nitrogen and oxygen atoms in total. The van der Waals surface area contributed by atoms with Gasteiger partial charge in [-0.2, -0.15) is 0 Å². The second kappa shape index (κ2) is 44.0. The van der Waals surface area contributed by atoms with E-state index in [1.165, 1.54) is 12.8 Å². The largest absolute Gasteiger partial charge is 0.0683 e. The Morgan fingerprint density at radius 2 is 1.00 bits per heavy atom. The molecule has 0 aromatic rings. The highest BCUT2D eigenvalue weighted by atomic mass is 13.9. The fourth-order valence-electron chi connectivity index (χ4n) is 0.577. The van der Waals surface area contributed by atoms with E-state index in [1.807, 2.05) is 41.5 Å². The van der Waals surface area contributed by atoms with Crippen LogP contribution in [0.5, 0.6) is 0 Å². The summed E-state index contributed by atoms with van der Waals surface area (Å²) in [5, 5.41) is 0. The van der Waals surface area contributed by atoms with Crippen LogP contribution in [0.15, 0.2) is 0 Å². The van der Waals surface area contributed by atoms with Crippen LogP contribution in [0.1, 0.15) is 75.2 Å². The number of hydrogen-bond donors (Lipinski definition) is 0. The molecule has 0 saturated carbocycles. The summed E-state index contributed by atoms with van der Waals surface area (Å²) >= 11 is 0. The van der Waals surface area contributed by atoms with E-state index in [0.717, 1.165) is 5.92 Å². The molecule has 12 heavy (non-hydrogen) atoms. The third kappa shape index (κ3) is 90.0. The van der Waals surface area contributed by atoms with Crippen LogP contribution in [0.2, 0.25) is 0 Å². The molecule has 0 radical (unpaired) electrons. The van der Waals surface area contributed by atoms with E-state index in [1.54, 1.807) is 0 Å². The van der Waals surface area contributed by atoms with Gasteiger partial charge >= 0.3 is 0 Å². The van der Waals surface area contributed by atoms with Crippen LogP contribution in [0, 0.1) is 5.92 Å². The van der Waals surface area contributed by atoms with E-state index in [0.29, 0.717) is 0 Å². The summed E-state index contributed by atoms with van der Waals surface area (Å²) in [6, 6.07) is 0. The van der Waals surface area contributed by atoms with Gasteiger partial charge in [0.25, 0.3) is 0 Å². The Morgan fingerprint density at radius 1 is 0.750 bits per heavy atom. The summed E-state index contributed by atoms with van der Waals surface area (Å²) in [5.74, 6) is 0.898. The third-order valence-corrected chi connectivity index (χ3v) is 0.866. The minimum atomic E-state index is 0.898. The molecule has 0 saturated heterocycles. The van der Waals surface area contributed by atoms with Gasteiger partial charge in [-0.25, -0.2) is 0 Å². The topological polar surface area (TPSA) is 0 Å². The normalized spacial score (nSPS) is 6.50. The average Bonchev–Trinajstić information content (AvgIpc) is 2.14. The standard InChI is InChI=1S/C6H14.3C2H6/c1-4-5-6(2)3;3*1-2/h6H,4-5H2,1-3H3;3*1-2H3. The molecule has 0 unspecified atom stereocenters. The molecule has 0 heterocycles. The zero-order chi connectivity index (χ0) is 11.0. The van der Waals surface area contributed by atoms with Gasteiger partial charge < -0.3 is 0 Å². The molecule has 0 spiro atoms. The fourth-order valence-corrected chi connectivity index (χ4v) is 0.577. The molecule has 0 heteroatoms. The van der Waals surface area contributed by atoms with Gasteiger partial charge in [0.2, 0.25) is 0 Å². The molecular formula is C12H32. The molecule has 0 amide bonds. The number of hydrogen-bond acceptors (Lipinski definition) is 0. The van der Waals surface area contributed by atoms with Crippen molar-refractivity contribution in [2.24, 2.45) is 5.92 Å². The Hall–Kier alpha value is 0. The van der Waals surface area contributed by atoms with Gasteiger partial charge in [-0.15, -0.1) is 0 Å². The van der Waals surface area contributed by atoms with Crippen LogP contribution in [0.4, 0.5) is 0 Å².